The van der Waals surface area contributed by atoms with Crippen LogP contribution < -0.4 is 10.1 Å². The van der Waals surface area contributed by atoms with Gasteiger partial charge in [0.2, 0.25) is 5.88 Å². The molecular formula is C16H26F3IN4O. The average molecular weight is 474 g/mol. The highest BCUT2D eigenvalue weighted by Gasteiger charge is 2.28. The Labute approximate surface area is 164 Å². The average Bonchev–Trinajstić information content (AvgIpc) is 2.54. The summed E-state index contributed by atoms with van der Waals surface area (Å²) in [6.45, 7) is 4.85. The van der Waals surface area contributed by atoms with Crippen LogP contribution in [0.4, 0.5) is 13.2 Å². The van der Waals surface area contributed by atoms with E-state index in [4.69, 9.17) is 0 Å². The number of halogens is 4. The minimum Gasteiger partial charge on any atom is -0.468 e. The van der Waals surface area contributed by atoms with E-state index in [0.717, 1.165) is 37.5 Å². The zero-order valence-corrected chi connectivity index (χ0v) is 17.1. The van der Waals surface area contributed by atoms with Crippen molar-refractivity contribution in [3.8, 4) is 5.88 Å². The molecule has 0 aliphatic heterocycles. The number of aromatic nitrogens is 1. The van der Waals surface area contributed by atoms with Crippen molar-refractivity contribution < 1.29 is 17.9 Å². The number of aliphatic imine (C=N–C) groups is 1. The van der Waals surface area contributed by atoms with E-state index >= 15 is 0 Å². The largest absolute Gasteiger partial charge is 0.468 e. The maximum atomic E-state index is 12.1. The summed E-state index contributed by atoms with van der Waals surface area (Å²) in [6.07, 6.45) is -0.708. The highest BCUT2D eigenvalue weighted by atomic mass is 127. The van der Waals surface area contributed by atoms with Gasteiger partial charge < -0.3 is 15.0 Å². The molecule has 9 heteroatoms. The Morgan fingerprint density at radius 2 is 2.04 bits per heavy atom. The van der Waals surface area contributed by atoms with Gasteiger partial charge in [-0.25, -0.2) is 9.98 Å². The molecule has 0 bridgehead atoms. The van der Waals surface area contributed by atoms with E-state index in [-0.39, 0.29) is 29.9 Å². The number of ether oxygens (including phenoxy) is 1. The van der Waals surface area contributed by atoms with Gasteiger partial charge in [0, 0.05) is 32.4 Å². The second-order valence-electron chi connectivity index (χ2n) is 5.35. The van der Waals surface area contributed by atoms with Crippen LogP contribution in [-0.4, -0.2) is 48.8 Å². The molecule has 0 amide bonds. The van der Waals surface area contributed by atoms with Crippen molar-refractivity contribution in [3.05, 3.63) is 23.9 Å². The molecule has 0 unspecified atom stereocenters. The normalized spacial score (nSPS) is 11.7. The van der Waals surface area contributed by atoms with Crippen LogP contribution >= 0.6 is 24.0 Å². The lowest BCUT2D eigenvalue weighted by atomic mass is 10.3. The smallest absolute Gasteiger partial charge is 0.422 e. The van der Waals surface area contributed by atoms with Crippen LogP contribution in [0, 0.1) is 0 Å². The van der Waals surface area contributed by atoms with Crippen molar-refractivity contribution in [2.24, 2.45) is 4.99 Å². The second kappa shape index (κ2) is 12.2. The van der Waals surface area contributed by atoms with E-state index in [1.165, 1.54) is 12.3 Å². The van der Waals surface area contributed by atoms with Crippen molar-refractivity contribution in [1.29, 1.82) is 0 Å². The van der Waals surface area contributed by atoms with Gasteiger partial charge >= 0.3 is 6.18 Å². The minimum absolute atomic E-state index is 0. The Kier molecular flexibility index (Phi) is 11.5. The zero-order valence-electron chi connectivity index (χ0n) is 14.8. The lowest BCUT2D eigenvalue weighted by Gasteiger charge is -2.21. The Bertz CT molecular complexity index is 509. The lowest BCUT2D eigenvalue weighted by Crippen LogP contribution is -2.39. The third kappa shape index (κ3) is 10.4. The molecule has 0 fully saturated rings. The van der Waals surface area contributed by atoms with E-state index in [9.17, 15) is 13.2 Å². The van der Waals surface area contributed by atoms with Gasteiger partial charge in [0.15, 0.2) is 12.6 Å². The van der Waals surface area contributed by atoms with Crippen molar-refractivity contribution in [3.63, 3.8) is 0 Å². The third-order valence-electron chi connectivity index (χ3n) is 3.14. The van der Waals surface area contributed by atoms with Crippen LogP contribution in [-0.2, 0) is 6.54 Å². The number of hydrogen-bond acceptors (Lipinski definition) is 3. The van der Waals surface area contributed by atoms with Crippen LogP contribution in [0.3, 0.4) is 0 Å². The molecule has 144 valence electrons. The van der Waals surface area contributed by atoms with Crippen molar-refractivity contribution in [2.45, 2.75) is 39.4 Å². The van der Waals surface area contributed by atoms with Gasteiger partial charge in [0.25, 0.3) is 0 Å². The maximum Gasteiger partial charge on any atom is 0.422 e. The molecule has 0 radical (unpaired) electrons. The van der Waals surface area contributed by atoms with E-state index in [1.807, 2.05) is 14.0 Å². The molecule has 25 heavy (non-hydrogen) atoms. The Balaban J connectivity index is 0.00000576. The van der Waals surface area contributed by atoms with E-state index in [2.05, 4.69) is 31.9 Å². The van der Waals surface area contributed by atoms with Gasteiger partial charge in [-0.3, -0.25) is 0 Å². The fraction of sp³-hybridized carbons (Fsp3) is 0.625. The molecule has 1 heterocycles. The fourth-order valence-electron chi connectivity index (χ4n) is 1.88. The summed E-state index contributed by atoms with van der Waals surface area (Å²) in [5.41, 5.74) is 0.800. The summed E-state index contributed by atoms with van der Waals surface area (Å²) in [4.78, 5) is 10.5. The molecule has 1 N–H and O–H groups in total. The van der Waals surface area contributed by atoms with Crippen molar-refractivity contribution >= 4 is 29.9 Å². The van der Waals surface area contributed by atoms with Crippen molar-refractivity contribution in [2.75, 3.05) is 26.7 Å². The van der Waals surface area contributed by atoms with Crippen LogP contribution in [0.2, 0.25) is 0 Å². The number of unbranched alkanes of at least 4 members (excludes halogenated alkanes) is 1. The highest BCUT2D eigenvalue weighted by molar-refractivity contribution is 14.0. The first kappa shape index (κ1) is 23.7. The third-order valence-corrected chi connectivity index (χ3v) is 3.14. The lowest BCUT2D eigenvalue weighted by molar-refractivity contribution is -0.154. The molecule has 0 aliphatic rings. The topological polar surface area (TPSA) is 49.8 Å². The molecule has 5 nitrogen and oxygen atoms in total. The molecule has 0 aromatic carbocycles. The molecule has 0 spiro atoms. The van der Waals surface area contributed by atoms with Gasteiger partial charge in [0.05, 0.1) is 6.54 Å². The van der Waals surface area contributed by atoms with Gasteiger partial charge in [-0.15, -0.1) is 24.0 Å². The molecular weight excluding hydrogens is 448 g/mol. The zero-order chi connectivity index (χ0) is 18.0. The number of pyridine rings is 1. The summed E-state index contributed by atoms with van der Waals surface area (Å²) >= 11 is 0. The first-order valence-electron chi connectivity index (χ1n) is 7.99. The summed E-state index contributed by atoms with van der Waals surface area (Å²) < 4.78 is 40.8. The molecule has 0 aliphatic carbocycles. The van der Waals surface area contributed by atoms with E-state index in [0.29, 0.717) is 6.54 Å². The van der Waals surface area contributed by atoms with Gasteiger partial charge in [-0.2, -0.15) is 13.2 Å². The molecule has 0 saturated heterocycles. The molecule has 0 atom stereocenters. The molecule has 1 aromatic heterocycles. The van der Waals surface area contributed by atoms with E-state index < -0.39 is 12.8 Å². The minimum atomic E-state index is -4.37. The number of nitrogens with one attached hydrogen (secondary N) is 1. The number of alkyl halides is 3. The van der Waals surface area contributed by atoms with Crippen LogP contribution in [0.25, 0.3) is 0 Å². The predicted octanol–water partition coefficient (Wildman–Crippen LogP) is 3.84. The number of nitrogens with zero attached hydrogens (tertiary/aromatic N) is 3. The monoisotopic (exact) mass is 474 g/mol. The number of guanidine groups is 1. The summed E-state index contributed by atoms with van der Waals surface area (Å²) in [5.74, 6) is 0.746. The summed E-state index contributed by atoms with van der Waals surface area (Å²) in [7, 11) is 1.98. The van der Waals surface area contributed by atoms with Crippen LogP contribution in [0.1, 0.15) is 32.3 Å². The standard InChI is InChI=1S/C16H25F3N4O.HI/c1-4-6-9-23(3)15(20-5-2)22-11-13-7-8-14(21-10-13)24-12-16(17,18)19;/h7-8,10H,4-6,9,11-12H2,1-3H3,(H,20,22);1H. The molecule has 1 aromatic rings. The molecule has 0 saturated carbocycles. The molecule has 1 rings (SSSR count). The van der Waals surface area contributed by atoms with Crippen LogP contribution in [0.5, 0.6) is 5.88 Å². The number of hydrogen-bond donors (Lipinski definition) is 1. The summed E-state index contributed by atoms with van der Waals surface area (Å²) in [6, 6.07) is 3.09. The fourth-order valence-corrected chi connectivity index (χ4v) is 1.88. The Morgan fingerprint density at radius 3 is 2.56 bits per heavy atom. The summed E-state index contributed by atoms with van der Waals surface area (Å²) in [5, 5.41) is 3.22. The quantitative estimate of drug-likeness (QED) is 0.354. The van der Waals surface area contributed by atoms with E-state index in [1.54, 1.807) is 6.07 Å². The first-order valence-corrected chi connectivity index (χ1v) is 7.99. The predicted molar refractivity (Wildman–Crippen MR) is 104 cm³/mol. The van der Waals surface area contributed by atoms with Crippen LogP contribution in [0.15, 0.2) is 23.3 Å². The SMILES string of the molecule is CCCCN(C)C(=NCc1ccc(OCC(F)(F)F)nc1)NCC.I. The Morgan fingerprint density at radius 1 is 1.32 bits per heavy atom. The Hall–Kier alpha value is -1.26. The first-order chi connectivity index (χ1) is 11.4. The van der Waals surface area contributed by atoms with Gasteiger partial charge in [-0.1, -0.05) is 19.4 Å². The maximum absolute atomic E-state index is 12.1. The number of rotatable bonds is 8. The highest BCUT2D eigenvalue weighted by Crippen LogP contribution is 2.17. The second-order valence-corrected chi connectivity index (χ2v) is 5.35. The van der Waals surface area contributed by atoms with Gasteiger partial charge in [-0.05, 0) is 18.9 Å². The van der Waals surface area contributed by atoms with Gasteiger partial charge in [0.1, 0.15) is 0 Å². The van der Waals surface area contributed by atoms with Crippen molar-refractivity contribution in [1.82, 2.24) is 15.2 Å².